The summed E-state index contributed by atoms with van der Waals surface area (Å²) in [7, 11) is 1.85. The van der Waals surface area contributed by atoms with Gasteiger partial charge in [0.15, 0.2) is 0 Å². The van der Waals surface area contributed by atoms with Crippen molar-refractivity contribution in [3.8, 4) is 5.88 Å². The van der Waals surface area contributed by atoms with Gasteiger partial charge in [-0.05, 0) is 31.7 Å². The standard InChI is InChI=1S/C19H26N6O3/c1-14-4-3-5-15(12-14)21-19(26)23-16-13-17(28-9-6-20-2)24-18(22-16)25-7-10-27-11-8-25/h3-5,12-13,20H,6-11H2,1-2H3,(H2,21,22,23,24,26). The molecule has 3 rings (SSSR count). The largest absolute Gasteiger partial charge is 0.476 e. The topological polar surface area (TPSA) is 101 Å². The van der Waals surface area contributed by atoms with Crippen molar-refractivity contribution in [1.29, 1.82) is 0 Å². The summed E-state index contributed by atoms with van der Waals surface area (Å²) in [5, 5.41) is 8.59. The molecule has 9 nitrogen and oxygen atoms in total. The molecule has 1 fully saturated rings. The van der Waals surface area contributed by atoms with Crippen LogP contribution in [0.25, 0.3) is 0 Å². The number of benzene rings is 1. The predicted molar refractivity (Wildman–Crippen MR) is 108 cm³/mol. The van der Waals surface area contributed by atoms with Crippen LogP contribution in [0.4, 0.5) is 22.2 Å². The Hall–Kier alpha value is -2.91. The molecular formula is C19H26N6O3. The fraction of sp³-hybridized carbons (Fsp3) is 0.421. The Morgan fingerprint density at radius 1 is 1.21 bits per heavy atom. The number of aryl methyl sites for hydroxylation is 1. The van der Waals surface area contributed by atoms with Crippen molar-refractivity contribution in [3.63, 3.8) is 0 Å². The van der Waals surface area contributed by atoms with Gasteiger partial charge in [0, 0.05) is 31.4 Å². The van der Waals surface area contributed by atoms with Crippen LogP contribution in [0.2, 0.25) is 0 Å². The first-order chi connectivity index (χ1) is 13.6. The molecule has 0 unspecified atom stereocenters. The zero-order chi connectivity index (χ0) is 19.8. The molecule has 2 heterocycles. The van der Waals surface area contributed by atoms with Gasteiger partial charge >= 0.3 is 6.03 Å². The van der Waals surface area contributed by atoms with Crippen molar-refractivity contribution in [2.24, 2.45) is 0 Å². The molecule has 1 aromatic carbocycles. The van der Waals surface area contributed by atoms with Gasteiger partial charge in [0.25, 0.3) is 0 Å². The number of likely N-dealkylation sites (N-methyl/N-ethyl adjacent to an activating group) is 1. The number of carbonyl (C=O) groups is 1. The molecule has 0 radical (unpaired) electrons. The lowest BCUT2D eigenvalue weighted by molar-refractivity contribution is 0.122. The molecule has 0 bridgehead atoms. The molecule has 1 aromatic heterocycles. The van der Waals surface area contributed by atoms with Gasteiger partial charge in [-0.3, -0.25) is 5.32 Å². The first-order valence-electron chi connectivity index (χ1n) is 9.28. The van der Waals surface area contributed by atoms with E-state index in [9.17, 15) is 4.79 Å². The maximum Gasteiger partial charge on any atom is 0.324 e. The van der Waals surface area contributed by atoms with Crippen LogP contribution in [-0.2, 0) is 4.74 Å². The van der Waals surface area contributed by atoms with Crippen LogP contribution >= 0.6 is 0 Å². The van der Waals surface area contributed by atoms with Crippen molar-refractivity contribution < 1.29 is 14.3 Å². The smallest absolute Gasteiger partial charge is 0.324 e. The van der Waals surface area contributed by atoms with Gasteiger partial charge < -0.3 is 25.0 Å². The van der Waals surface area contributed by atoms with Gasteiger partial charge in [-0.1, -0.05) is 12.1 Å². The van der Waals surface area contributed by atoms with Crippen molar-refractivity contribution >= 4 is 23.5 Å². The minimum absolute atomic E-state index is 0.376. The lowest BCUT2D eigenvalue weighted by Gasteiger charge is -2.27. The molecule has 0 spiro atoms. The van der Waals surface area contributed by atoms with Crippen LogP contribution in [0.15, 0.2) is 30.3 Å². The summed E-state index contributed by atoms with van der Waals surface area (Å²) in [5.74, 6) is 1.30. The summed E-state index contributed by atoms with van der Waals surface area (Å²) in [4.78, 5) is 23.3. The Kier molecular flexibility index (Phi) is 6.99. The number of amides is 2. The number of hydrogen-bond donors (Lipinski definition) is 3. The molecule has 9 heteroatoms. The molecule has 0 aliphatic carbocycles. The highest BCUT2D eigenvalue weighted by molar-refractivity contribution is 5.99. The number of nitrogens with one attached hydrogen (secondary N) is 3. The third kappa shape index (κ3) is 5.80. The second kappa shape index (κ2) is 9.86. The Bertz CT molecular complexity index is 795. The summed E-state index contributed by atoms with van der Waals surface area (Å²) in [6.45, 7) is 5.73. The zero-order valence-electron chi connectivity index (χ0n) is 16.2. The van der Waals surface area contributed by atoms with E-state index in [1.807, 2.05) is 43.1 Å². The Morgan fingerprint density at radius 2 is 2.04 bits per heavy atom. The number of morpholine rings is 1. The number of anilines is 3. The normalized spacial score (nSPS) is 13.9. The van der Waals surface area contributed by atoms with E-state index < -0.39 is 0 Å². The molecule has 2 amide bonds. The zero-order valence-corrected chi connectivity index (χ0v) is 16.2. The number of hydrogen-bond acceptors (Lipinski definition) is 7. The van der Waals surface area contributed by atoms with Crippen molar-refractivity contribution in [3.05, 3.63) is 35.9 Å². The van der Waals surface area contributed by atoms with E-state index in [2.05, 4.69) is 25.9 Å². The van der Waals surface area contributed by atoms with Crippen molar-refractivity contribution in [2.75, 3.05) is 62.0 Å². The number of rotatable bonds is 7. The van der Waals surface area contributed by atoms with E-state index in [1.54, 1.807) is 6.07 Å². The van der Waals surface area contributed by atoms with E-state index in [4.69, 9.17) is 9.47 Å². The van der Waals surface area contributed by atoms with E-state index in [0.717, 1.165) is 5.56 Å². The van der Waals surface area contributed by atoms with Gasteiger partial charge in [0.2, 0.25) is 11.8 Å². The lowest BCUT2D eigenvalue weighted by Crippen LogP contribution is -2.37. The van der Waals surface area contributed by atoms with Gasteiger partial charge in [0.05, 0.1) is 13.2 Å². The average Bonchev–Trinajstić information content (AvgIpc) is 2.68. The number of urea groups is 1. The van der Waals surface area contributed by atoms with Gasteiger partial charge in [-0.2, -0.15) is 9.97 Å². The fourth-order valence-electron chi connectivity index (χ4n) is 2.71. The third-order valence-corrected chi connectivity index (χ3v) is 4.10. The number of aromatic nitrogens is 2. The molecule has 150 valence electrons. The molecule has 1 saturated heterocycles. The molecule has 28 heavy (non-hydrogen) atoms. The second-order valence-electron chi connectivity index (χ2n) is 6.39. The first kappa shape index (κ1) is 19.8. The number of nitrogens with zero attached hydrogens (tertiary/aromatic N) is 3. The van der Waals surface area contributed by atoms with Crippen molar-refractivity contribution in [2.45, 2.75) is 6.92 Å². The molecule has 3 N–H and O–H groups in total. The van der Waals surface area contributed by atoms with E-state index >= 15 is 0 Å². The highest BCUT2D eigenvalue weighted by Crippen LogP contribution is 2.20. The Labute approximate surface area is 164 Å². The Balaban J connectivity index is 1.73. The molecular weight excluding hydrogens is 360 g/mol. The molecule has 0 atom stereocenters. The highest BCUT2D eigenvalue weighted by atomic mass is 16.5. The molecule has 1 aliphatic heterocycles. The quantitative estimate of drug-likeness (QED) is 0.625. The number of carbonyl (C=O) groups excluding carboxylic acids is 1. The monoisotopic (exact) mass is 386 g/mol. The van der Waals surface area contributed by atoms with Crippen LogP contribution in [0.1, 0.15) is 5.56 Å². The van der Waals surface area contributed by atoms with Crippen LogP contribution in [0.5, 0.6) is 5.88 Å². The van der Waals surface area contributed by atoms with Crippen LogP contribution in [-0.4, -0.2) is 62.5 Å². The minimum Gasteiger partial charge on any atom is -0.476 e. The second-order valence-corrected chi connectivity index (χ2v) is 6.39. The predicted octanol–water partition coefficient (Wildman–Crippen LogP) is 1.86. The van der Waals surface area contributed by atoms with E-state index in [1.165, 1.54) is 0 Å². The van der Waals surface area contributed by atoms with Crippen LogP contribution in [0, 0.1) is 6.92 Å². The van der Waals surface area contributed by atoms with Gasteiger partial charge in [0.1, 0.15) is 12.4 Å². The maximum atomic E-state index is 12.4. The summed E-state index contributed by atoms with van der Waals surface area (Å²) in [6.07, 6.45) is 0. The molecule has 2 aromatic rings. The van der Waals surface area contributed by atoms with Crippen molar-refractivity contribution in [1.82, 2.24) is 15.3 Å². The number of ether oxygens (including phenoxy) is 2. The molecule has 1 aliphatic rings. The SMILES string of the molecule is CNCCOc1cc(NC(=O)Nc2cccc(C)c2)nc(N2CCOCC2)n1. The summed E-state index contributed by atoms with van der Waals surface area (Å²) < 4.78 is 11.1. The van der Waals surface area contributed by atoms with Gasteiger partial charge in [-0.15, -0.1) is 0 Å². The first-order valence-corrected chi connectivity index (χ1v) is 9.28. The Morgan fingerprint density at radius 3 is 2.79 bits per heavy atom. The molecule has 0 saturated carbocycles. The minimum atomic E-state index is -0.376. The summed E-state index contributed by atoms with van der Waals surface area (Å²) in [5.41, 5.74) is 1.78. The van der Waals surface area contributed by atoms with E-state index in [-0.39, 0.29) is 6.03 Å². The van der Waals surface area contributed by atoms with E-state index in [0.29, 0.717) is 62.8 Å². The lowest BCUT2D eigenvalue weighted by atomic mass is 10.2. The van der Waals surface area contributed by atoms with Crippen LogP contribution in [0.3, 0.4) is 0 Å². The summed E-state index contributed by atoms with van der Waals surface area (Å²) >= 11 is 0. The average molecular weight is 386 g/mol. The van der Waals surface area contributed by atoms with Gasteiger partial charge in [-0.25, -0.2) is 4.79 Å². The third-order valence-electron chi connectivity index (χ3n) is 4.10. The van der Waals surface area contributed by atoms with Crippen LogP contribution < -0.4 is 25.6 Å². The fourth-order valence-corrected chi connectivity index (χ4v) is 2.71. The maximum absolute atomic E-state index is 12.4. The highest BCUT2D eigenvalue weighted by Gasteiger charge is 2.17. The summed E-state index contributed by atoms with van der Waals surface area (Å²) in [6, 6.07) is 8.83.